The van der Waals surface area contributed by atoms with Gasteiger partial charge in [0.15, 0.2) is 0 Å². The molecule has 0 radical (unpaired) electrons. The lowest BCUT2D eigenvalue weighted by Gasteiger charge is -2.27. The Morgan fingerprint density at radius 3 is 1.96 bits per heavy atom. The Balaban J connectivity index is 1.31. The molecule has 1 unspecified atom stereocenters. The number of anilines is 2. The van der Waals surface area contributed by atoms with E-state index in [1.54, 1.807) is 0 Å². The summed E-state index contributed by atoms with van der Waals surface area (Å²) in [4.78, 5) is 0. The molecule has 4 heteroatoms. The molecular formula is C19H22N2O2. The van der Waals surface area contributed by atoms with Crippen LogP contribution in [0.1, 0.15) is 11.1 Å². The molecule has 0 amide bonds. The summed E-state index contributed by atoms with van der Waals surface area (Å²) < 4.78 is 10.4. The fourth-order valence-corrected chi connectivity index (χ4v) is 2.67. The van der Waals surface area contributed by atoms with E-state index in [0.717, 1.165) is 38.5 Å². The van der Waals surface area contributed by atoms with Crippen molar-refractivity contribution < 1.29 is 9.47 Å². The quantitative estimate of drug-likeness (QED) is 0.772. The van der Waals surface area contributed by atoms with Gasteiger partial charge >= 0.3 is 0 Å². The van der Waals surface area contributed by atoms with Gasteiger partial charge in [0.05, 0.1) is 32.0 Å². The minimum absolute atomic E-state index is 0.410. The molecule has 2 N–H and O–H groups in total. The number of nitrogens with one attached hydrogen (secondary N) is 2. The molecule has 4 nitrogen and oxygen atoms in total. The monoisotopic (exact) mass is 310 g/mol. The van der Waals surface area contributed by atoms with Gasteiger partial charge in [0.25, 0.3) is 0 Å². The van der Waals surface area contributed by atoms with Gasteiger partial charge in [-0.3, -0.25) is 0 Å². The maximum Gasteiger partial charge on any atom is 0.0981 e. The molecule has 0 aromatic heterocycles. The van der Waals surface area contributed by atoms with Crippen LogP contribution in [0.2, 0.25) is 0 Å². The molecule has 0 saturated carbocycles. The highest BCUT2D eigenvalue weighted by molar-refractivity contribution is 5.48. The SMILES string of the molecule is c1cc(NCC2CO2)ccc1Cc1ccc(NC2COC2)cc1. The molecule has 2 aliphatic heterocycles. The maximum absolute atomic E-state index is 5.20. The van der Waals surface area contributed by atoms with Crippen molar-refractivity contribution in [3.05, 3.63) is 59.7 Å². The zero-order valence-corrected chi connectivity index (χ0v) is 13.1. The highest BCUT2D eigenvalue weighted by atomic mass is 16.6. The first-order valence-corrected chi connectivity index (χ1v) is 8.23. The number of benzene rings is 2. The number of rotatable bonds is 7. The Hall–Kier alpha value is -2.04. The Morgan fingerprint density at radius 1 is 0.826 bits per heavy atom. The molecule has 120 valence electrons. The van der Waals surface area contributed by atoms with Crippen molar-refractivity contribution in [3.63, 3.8) is 0 Å². The first-order valence-electron chi connectivity index (χ1n) is 8.23. The molecular weight excluding hydrogens is 288 g/mol. The average molecular weight is 310 g/mol. The van der Waals surface area contributed by atoms with Gasteiger partial charge in [0.1, 0.15) is 0 Å². The summed E-state index contributed by atoms with van der Waals surface area (Å²) in [7, 11) is 0. The van der Waals surface area contributed by atoms with Crippen LogP contribution >= 0.6 is 0 Å². The van der Waals surface area contributed by atoms with E-state index in [9.17, 15) is 0 Å². The minimum atomic E-state index is 0.410. The molecule has 0 bridgehead atoms. The van der Waals surface area contributed by atoms with E-state index < -0.39 is 0 Å². The first kappa shape index (κ1) is 14.5. The highest BCUT2D eigenvalue weighted by Crippen LogP contribution is 2.18. The van der Waals surface area contributed by atoms with E-state index in [1.807, 2.05) is 0 Å². The summed E-state index contributed by atoms with van der Waals surface area (Å²) in [5, 5.41) is 6.85. The lowest BCUT2D eigenvalue weighted by Crippen LogP contribution is -2.40. The van der Waals surface area contributed by atoms with Crippen LogP contribution in [0, 0.1) is 0 Å². The Kier molecular flexibility index (Phi) is 4.18. The second-order valence-corrected chi connectivity index (χ2v) is 6.29. The third-order valence-corrected chi connectivity index (χ3v) is 4.26. The number of hydrogen-bond acceptors (Lipinski definition) is 4. The molecule has 0 spiro atoms. The van der Waals surface area contributed by atoms with Crippen LogP contribution in [-0.4, -0.2) is 38.5 Å². The molecule has 0 aliphatic carbocycles. The van der Waals surface area contributed by atoms with Crippen LogP contribution in [-0.2, 0) is 15.9 Å². The minimum Gasteiger partial charge on any atom is -0.382 e. The van der Waals surface area contributed by atoms with Crippen molar-refractivity contribution in [3.8, 4) is 0 Å². The van der Waals surface area contributed by atoms with Gasteiger partial charge in [-0.1, -0.05) is 24.3 Å². The summed E-state index contributed by atoms with van der Waals surface area (Å²) in [6, 6.07) is 17.8. The standard InChI is InChI=1S/C19H22N2O2/c1-5-16(20-10-19-13-23-19)6-2-14(1)9-15-3-7-17(8-4-15)21-18-11-22-12-18/h1-8,18-21H,9-13H2. The molecule has 2 aliphatic rings. The molecule has 2 heterocycles. The Morgan fingerprint density at radius 2 is 1.43 bits per heavy atom. The normalized spacial score (nSPS) is 19.9. The summed E-state index contributed by atoms with van der Waals surface area (Å²) in [6.07, 6.45) is 1.37. The molecule has 23 heavy (non-hydrogen) atoms. The summed E-state index contributed by atoms with van der Waals surface area (Å²) >= 11 is 0. The summed E-state index contributed by atoms with van der Waals surface area (Å²) in [5.74, 6) is 0. The molecule has 2 fully saturated rings. The van der Waals surface area contributed by atoms with Crippen molar-refractivity contribution in [2.45, 2.75) is 18.6 Å². The lowest BCUT2D eigenvalue weighted by atomic mass is 10.0. The fraction of sp³-hybridized carbons (Fsp3) is 0.368. The van der Waals surface area contributed by atoms with Crippen molar-refractivity contribution in [1.29, 1.82) is 0 Å². The van der Waals surface area contributed by atoms with E-state index in [2.05, 4.69) is 59.2 Å². The molecule has 2 aromatic rings. The average Bonchev–Trinajstić information content (AvgIpc) is 3.36. The van der Waals surface area contributed by atoms with Gasteiger partial charge in [-0.25, -0.2) is 0 Å². The molecule has 4 rings (SSSR count). The van der Waals surface area contributed by atoms with Gasteiger partial charge < -0.3 is 20.1 Å². The van der Waals surface area contributed by atoms with Crippen LogP contribution in [0.15, 0.2) is 48.5 Å². The van der Waals surface area contributed by atoms with E-state index in [1.165, 1.54) is 16.8 Å². The van der Waals surface area contributed by atoms with Crippen molar-refractivity contribution in [2.24, 2.45) is 0 Å². The van der Waals surface area contributed by atoms with Gasteiger partial charge in [-0.05, 0) is 41.8 Å². The van der Waals surface area contributed by atoms with Gasteiger partial charge in [-0.15, -0.1) is 0 Å². The van der Waals surface area contributed by atoms with Gasteiger partial charge in [0.2, 0.25) is 0 Å². The topological polar surface area (TPSA) is 45.8 Å². The van der Waals surface area contributed by atoms with Crippen molar-refractivity contribution in [1.82, 2.24) is 0 Å². The third-order valence-electron chi connectivity index (χ3n) is 4.26. The zero-order chi connectivity index (χ0) is 15.5. The van der Waals surface area contributed by atoms with E-state index >= 15 is 0 Å². The van der Waals surface area contributed by atoms with Gasteiger partial charge in [-0.2, -0.15) is 0 Å². The summed E-state index contributed by atoms with van der Waals surface area (Å²) in [6.45, 7) is 3.42. The Bertz CT molecular complexity index is 631. The van der Waals surface area contributed by atoms with Crippen LogP contribution in [0.3, 0.4) is 0 Å². The smallest absolute Gasteiger partial charge is 0.0981 e. The van der Waals surface area contributed by atoms with Gasteiger partial charge in [0, 0.05) is 17.9 Å². The van der Waals surface area contributed by atoms with Crippen molar-refractivity contribution in [2.75, 3.05) is 37.0 Å². The number of epoxide rings is 1. The first-order chi connectivity index (χ1) is 11.3. The number of ether oxygens (including phenoxy) is 2. The predicted octanol–water partition coefficient (Wildman–Crippen LogP) is 2.90. The van der Waals surface area contributed by atoms with Crippen LogP contribution in [0.25, 0.3) is 0 Å². The van der Waals surface area contributed by atoms with Crippen LogP contribution in [0.4, 0.5) is 11.4 Å². The second kappa shape index (κ2) is 6.60. The predicted molar refractivity (Wildman–Crippen MR) is 92.1 cm³/mol. The largest absolute Gasteiger partial charge is 0.382 e. The molecule has 2 aromatic carbocycles. The van der Waals surface area contributed by atoms with E-state index in [4.69, 9.17) is 9.47 Å². The van der Waals surface area contributed by atoms with E-state index in [-0.39, 0.29) is 0 Å². The van der Waals surface area contributed by atoms with E-state index in [0.29, 0.717) is 12.1 Å². The number of hydrogen-bond donors (Lipinski definition) is 2. The molecule has 1 atom stereocenters. The summed E-state index contributed by atoms with van der Waals surface area (Å²) in [5.41, 5.74) is 4.98. The highest BCUT2D eigenvalue weighted by Gasteiger charge is 2.21. The Labute approximate surface area is 136 Å². The third kappa shape index (κ3) is 4.03. The zero-order valence-electron chi connectivity index (χ0n) is 13.1. The van der Waals surface area contributed by atoms with Crippen LogP contribution in [0.5, 0.6) is 0 Å². The molecule has 2 saturated heterocycles. The second-order valence-electron chi connectivity index (χ2n) is 6.29. The lowest BCUT2D eigenvalue weighted by molar-refractivity contribution is 0.0211. The maximum atomic E-state index is 5.20. The van der Waals surface area contributed by atoms with Crippen molar-refractivity contribution >= 4 is 11.4 Å². The van der Waals surface area contributed by atoms with Crippen LogP contribution < -0.4 is 10.6 Å². The fourth-order valence-electron chi connectivity index (χ4n) is 2.67.